The minimum absolute atomic E-state index is 0.0149. The van der Waals surface area contributed by atoms with Gasteiger partial charge in [-0.25, -0.2) is 4.99 Å². The Morgan fingerprint density at radius 3 is 2.31 bits per heavy atom. The van der Waals surface area contributed by atoms with E-state index in [-0.39, 0.29) is 24.2 Å². The van der Waals surface area contributed by atoms with Gasteiger partial charge in [-0.1, -0.05) is 89.7 Å². The van der Waals surface area contributed by atoms with E-state index < -0.39 is 35.2 Å². The first-order chi connectivity index (χ1) is 28.1. The highest BCUT2D eigenvalue weighted by Crippen LogP contribution is 2.54. The van der Waals surface area contributed by atoms with Crippen molar-refractivity contribution in [2.45, 2.75) is 216 Å². The van der Waals surface area contributed by atoms with Gasteiger partial charge in [-0.05, 0) is 97.1 Å². The van der Waals surface area contributed by atoms with Crippen LogP contribution in [0.5, 0.6) is 0 Å². The fourth-order valence-corrected chi connectivity index (χ4v) is 10.2. The number of rotatable bonds is 25. The van der Waals surface area contributed by atoms with Gasteiger partial charge in [0.1, 0.15) is 5.72 Å². The fraction of sp³-hybridized carbons (Fsp3) is 0.889. The molecule has 3 saturated heterocycles. The Hall–Kier alpha value is -2.29. The van der Waals surface area contributed by atoms with E-state index in [1.807, 2.05) is 11.8 Å². The highest BCUT2D eigenvalue weighted by Gasteiger charge is 2.69. The monoisotopic (exact) mass is 817 g/mol. The Balaban J connectivity index is 0.964. The third-order valence-corrected chi connectivity index (χ3v) is 13.3. The maximum atomic E-state index is 14.1. The van der Waals surface area contributed by atoms with E-state index >= 15 is 0 Å². The molecule has 58 heavy (non-hydrogen) atoms. The van der Waals surface area contributed by atoms with Gasteiger partial charge in [-0.2, -0.15) is 0 Å². The molecule has 13 nitrogen and oxygen atoms in total. The smallest absolute Gasteiger partial charge is 0.318 e. The highest BCUT2D eigenvalue weighted by atomic mass is 16.6. The van der Waals surface area contributed by atoms with Gasteiger partial charge in [0.25, 0.3) is 0 Å². The zero-order chi connectivity index (χ0) is 41.4. The minimum atomic E-state index is -1.43. The Morgan fingerprint density at radius 2 is 1.66 bits per heavy atom. The lowest BCUT2D eigenvalue weighted by molar-refractivity contribution is -0.243. The van der Waals surface area contributed by atoms with E-state index in [1.165, 1.54) is 44.9 Å². The number of ether oxygens (including phenoxy) is 3. The molecular weight excluding hydrogens is 737 g/mol. The lowest BCUT2D eigenvalue weighted by Crippen LogP contribution is -2.75. The molecule has 0 saturated carbocycles. The molecule has 5 aliphatic heterocycles. The molecule has 7 N–H and O–H groups in total. The lowest BCUT2D eigenvalue weighted by atomic mass is 9.78. The molecule has 0 aromatic heterocycles. The zero-order valence-electron chi connectivity index (χ0n) is 36.2. The highest BCUT2D eigenvalue weighted by molar-refractivity contribution is 5.87. The summed E-state index contributed by atoms with van der Waals surface area (Å²) in [4.78, 5) is 35.8. The van der Waals surface area contributed by atoms with Crippen LogP contribution < -0.4 is 16.8 Å². The molecule has 3 fully saturated rings. The molecule has 1 unspecified atom stereocenters. The van der Waals surface area contributed by atoms with E-state index in [0.29, 0.717) is 64.4 Å². The second-order valence-electron chi connectivity index (χ2n) is 18.1. The summed E-state index contributed by atoms with van der Waals surface area (Å²) in [7, 11) is 0. The molecule has 5 heterocycles. The number of carbonyl (C=O) groups is 2. The van der Waals surface area contributed by atoms with Crippen molar-refractivity contribution in [1.82, 2.24) is 15.1 Å². The number of hydrogen-bond acceptors (Lipinski definition) is 12. The van der Waals surface area contributed by atoms with Gasteiger partial charge in [-0.3, -0.25) is 9.59 Å². The van der Waals surface area contributed by atoms with Crippen molar-refractivity contribution in [2.24, 2.45) is 22.4 Å². The third kappa shape index (κ3) is 12.4. The Kier molecular flexibility index (Phi) is 18.6. The molecule has 0 radical (unpaired) electrons. The van der Waals surface area contributed by atoms with Gasteiger partial charge in [0.2, 0.25) is 11.9 Å². The Labute approximate surface area is 349 Å². The van der Waals surface area contributed by atoms with E-state index in [2.05, 4.69) is 24.4 Å². The largest absolute Gasteiger partial charge is 0.465 e. The summed E-state index contributed by atoms with van der Waals surface area (Å²) in [5.41, 5.74) is 8.03. The topological polar surface area (TPSA) is 185 Å². The first-order valence-corrected chi connectivity index (χ1v) is 23.5. The van der Waals surface area contributed by atoms with E-state index in [1.54, 1.807) is 4.90 Å². The van der Waals surface area contributed by atoms with Gasteiger partial charge in [0, 0.05) is 32.0 Å². The van der Waals surface area contributed by atoms with Crippen molar-refractivity contribution in [3.05, 3.63) is 12.2 Å². The molecule has 8 atom stereocenters. The molecule has 0 aromatic carbocycles. The molecule has 1 amide bonds. The van der Waals surface area contributed by atoms with Crippen LogP contribution in [-0.4, -0.2) is 112 Å². The summed E-state index contributed by atoms with van der Waals surface area (Å²) in [6, 6.07) is 0.0149. The summed E-state index contributed by atoms with van der Waals surface area (Å²) < 4.78 is 19.3. The van der Waals surface area contributed by atoms with Gasteiger partial charge >= 0.3 is 5.97 Å². The Morgan fingerprint density at radius 1 is 0.966 bits per heavy atom. The van der Waals surface area contributed by atoms with Crippen LogP contribution in [0.4, 0.5) is 0 Å². The molecule has 5 aliphatic rings. The molecule has 0 aromatic rings. The van der Waals surface area contributed by atoms with Crippen molar-refractivity contribution >= 4 is 17.8 Å². The van der Waals surface area contributed by atoms with Crippen molar-refractivity contribution in [3.8, 4) is 0 Å². The number of nitrogens with one attached hydrogen (secondary N) is 1. The fourth-order valence-electron chi connectivity index (χ4n) is 10.2. The number of allylic oxidation sites excluding steroid dienone is 1. The summed E-state index contributed by atoms with van der Waals surface area (Å²) in [5, 5.41) is 26.3. The number of aliphatic imine (C=N–C) groups is 1. The van der Waals surface area contributed by atoms with Crippen molar-refractivity contribution in [1.29, 1.82) is 0 Å². The quantitative estimate of drug-likeness (QED) is 0.0405. The molecule has 0 bridgehead atoms. The number of nitrogens with zero attached hydrogens (tertiary/aromatic N) is 3. The van der Waals surface area contributed by atoms with Crippen LogP contribution in [-0.2, 0) is 23.8 Å². The molecule has 0 aliphatic carbocycles. The number of nitrogens with two attached hydrogens (primary N) is 2. The predicted molar refractivity (Wildman–Crippen MR) is 227 cm³/mol. The first kappa shape index (κ1) is 46.8. The van der Waals surface area contributed by atoms with Gasteiger partial charge in [0.15, 0.2) is 17.4 Å². The predicted octanol–water partition coefficient (Wildman–Crippen LogP) is 6.14. The molecular formula is C45H80N6O7. The lowest BCUT2D eigenvalue weighted by Gasteiger charge is -2.58. The van der Waals surface area contributed by atoms with E-state index in [4.69, 9.17) is 30.7 Å². The number of unbranched alkanes of at least 4 members (excludes halogenated alkanes) is 12. The van der Waals surface area contributed by atoms with Crippen molar-refractivity contribution in [3.63, 3.8) is 0 Å². The molecule has 332 valence electrons. The van der Waals surface area contributed by atoms with Crippen LogP contribution in [0.15, 0.2) is 17.1 Å². The van der Waals surface area contributed by atoms with E-state index in [0.717, 1.165) is 89.9 Å². The third-order valence-electron chi connectivity index (χ3n) is 13.3. The number of aliphatic hydroxyl groups is 2. The van der Waals surface area contributed by atoms with Crippen LogP contribution in [0.25, 0.3) is 0 Å². The molecule has 2 spiro atoms. The van der Waals surface area contributed by atoms with Crippen LogP contribution in [0.2, 0.25) is 0 Å². The summed E-state index contributed by atoms with van der Waals surface area (Å²) >= 11 is 0. The number of hydrogen-bond donors (Lipinski definition) is 5. The normalized spacial score (nSPS) is 30.8. The number of amides is 1. The molecule has 5 rings (SSSR count). The minimum Gasteiger partial charge on any atom is -0.465 e. The Bertz CT molecular complexity index is 1340. The average Bonchev–Trinajstić information content (AvgIpc) is 3.40. The number of aliphatic hydroxyl groups excluding tert-OH is 1. The van der Waals surface area contributed by atoms with Crippen LogP contribution >= 0.6 is 0 Å². The second kappa shape index (κ2) is 23.1. The van der Waals surface area contributed by atoms with Crippen molar-refractivity contribution < 1.29 is 34.0 Å². The average molecular weight is 817 g/mol. The van der Waals surface area contributed by atoms with Crippen molar-refractivity contribution in [2.75, 3.05) is 32.8 Å². The maximum absolute atomic E-state index is 14.1. The van der Waals surface area contributed by atoms with E-state index in [9.17, 15) is 19.8 Å². The maximum Gasteiger partial charge on any atom is 0.318 e. The summed E-state index contributed by atoms with van der Waals surface area (Å²) in [6.07, 6.45) is 27.1. The standard InChI is InChI=1S/C45H80N6O7/c1-3-38-22-16-17-26-43(58-38)33-36-24-28-45(55)40(44(27-19-21-35(2)57-44)49-42(48-43)51(36)45)41(54)56-32-18-14-12-10-8-6-4-5-7-9-11-13-15-23-39(53)50(31-20-29-46)34-37(52)25-30-47/h16,22,35-38,40,52,55H,3-15,17-21,23-34,46-47H2,1-2H3,(H,48,49)/t35-,36+,37?,38+,40-,43+,44-,45+/m0/s1. The zero-order valence-corrected chi connectivity index (χ0v) is 36.2. The SMILES string of the molecule is CC[C@@H]1C=CCC[C@]2(C[C@H]3CC[C@@]4(O)[C@@H](C(=O)OCCCCCCCCCCCCCCCC(=O)N(CCCN)CC(O)CCN)[C@@]5(CCC[C@H](C)O5)N=C(N2)N34)O1. The van der Waals surface area contributed by atoms with Gasteiger partial charge in [0.05, 0.1) is 24.9 Å². The number of carbonyl (C=O) groups excluding carboxylic acids is 2. The number of guanidine groups is 1. The van der Waals surface area contributed by atoms with Crippen LogP contribution in [0.1, 0.15) is 174 Å². The second-order valence-corrected chi connectivity index (χ2v) is 18.1. The van der Waals surface area contributed by atoms with Crippen LogP contribution in [0.3, 0.4) is 0 Å². The summed E-state index contributed by atoms with van der Waals surface area (Å²) in [6.45, 7) is 6.41. The summed E-state index contributed by atoms with van der Waals surface area (Å²) in [5.74, 6) is -0.591. The van der Waals surface area contributed by atoms with Gasteiger partial charge < -0.3 is 51.0 Å². The molecule has 13 heteroatoms. The first-order valence-electron chi connectivity index (χ1n) is 23.5. The van der Waals surface area contributed by atoms with Gasteiger partial charge in [-0.15, -0.1) is 0 Å². The van der Waals surface area contributed by atoms with Crippen LogP contribution in [0, 0.1) is 5.92 Å². The number of esters is 1.